The summed E-state index contributed by atoms with van der Waals surface area (Å²) in [5.41, 5.74) is 1.10. The Balaban J connectivity index is 1.57. The quantitative estimate of drug-likeness (QED) is 0.847. The number of anilines is 2. The van der Waals surface area contributed by atoms with Crippen molar-refractivity contribution < 1.29 is 9.53 Å². The molecule has 0 spiro atoms. The van der Waals surface area contributed by atoms with Crippen LogP contribution in [0.5, 0.6) is 0 Å². The number of amides is 1. The normalized spacial score (nSPS) is 16.8. The lowest BCUT2D eigenvalue weighted by Crippen LogP contribution is -2.31. The second-order valence-corrected chi connectivity index (χ2v) is 6.21. The van der Waals surface area contributed by atoms with Gasteiger partial charge in [-0.2, -0.15) is 0 Å². The molecule has 126 valence electrons. The summed E-state index contributed by atoms with van der Waals surface area (Å²) < 4.78 is 5.47. The zero-order chi connectivity index (χ0) is 16.9. The minimum atomic E-state index is -0.216. The maximum absolute atomic E-state index is 12.1. The Morgan fingerprint density at radius 3 is 2.71 bits per heavy atom. The standard InChI is InChI=1S/C16H16Cl2N4O2/c17-13-4-3-11(6-14(13)18)22-16-20-7-10(8-21-16)15(23)19-9-12-2-1-5-24-12/h3-4,6-8,12H,1-2,5,9H2,(H,19,23)(H,20,21,22). The topological polar surface area (TPSA) is 76.1 Å². The van der Waals surface area contributed by atoms with Crippen molar-refractivity contribution in [2.45, 2.75) is 18.9 Å². The van der Waals surface area contributed by atoms with Gasteiger partial charge in [-0.1, -0.05) is 23.2 Å². The van der Waals surface area contributed by atoms with E-state index in [-0.39, 0.29) is 12.0 Å². The zero-order valence-corrected chi connectivity index (χ0v) is 14.3. The number of halogens is 2. The second-order valence-electron chi connectivity index (χ2n) is 5.39. The number of carbonyl (C=O) groups is 1. The first-order valence-corrected chi connectivity index (χ1v) is 8.31. The smallest absolute Gasteiger partial charge is 0.254 e. The molecule has 24 heavy (non-hydrogen) atoms. The Labute approximate surface area is 149 Å². The highest BCUT2D eigenvalue weighted by atomic mass is 35.5. The first kappa shape index (κ1) is 17.0. The maximum atomic E-state index is 12.1. The molecule has 0 aliphatic carbocycles. The summed E-state index contributed by atoms with van der Waals surface area (Å²) >= 11 is 11.8. The molecule has 2 aromatic rings. The van der Waals surface area contributed by atoms with Gasteiger partial charge in [0.2, 0.25) is 5.95 Å². The fraction of sp³-hybridized carbons (Fsp3) is 0.312. The number of ether oxygens (including phenoxy) is 1. The van der Waals surface area contributed by atoms with Gasteiger partial charge in [-0.05, 0) is 31.0 Å². The minimum absolute atomic E-state index is 0.102. The van der Waals surface area contributed by atoms with Crippen LogP contribution in [0.2, 0.25) is 10.0 Å². The molecular formula is C16H16Cl2N4O2. The fourth-order valence-corrected chi connectivity index (χ4v) is 2.62. The van der Waals surface area contributed by atoms with Crippen molar-refractivity contribution in [3.63, 3.8) is 0 Å². The Hall–Kier alpha value is -1.89. The van der Waals surface area contributed by atoms with E-state index in [1.165, 1.54) is 12.4 Å². The molecular weight excluding hydrogens is 351 g/mol. The molecule has 1 aliphatic heterocycles. The largest absolute Gasteiger partial charge is 0.376 e. The number of benzene rings is 1. The van der Waals surface area contributed by atoms with E-state index in [1.807, 2.05) is 0 Å². The first-order valence-electron chi connectivity index (χ1n) is 7.56. The molecule has 1 atom stereocenters. The molecule has 1 amide bonds. The summed E-state index contributed by atoms with van der Waals surface area (Å²) in [4.78, 5) is 20.3. The Morgan fingerprint density at radius 1 is 1.25 bits per heavy atom. The summed E-state index contributed by atoms with van der Waals surface area (Å²) in [5, 5.41) is 6.74. The predicted molar refractivity (Wildman–Crippen MR) is 93.1 cm³/mol. The third-order valence-corrected chi connectivity index (χ3v) is 4.34. The summed E-state index contributed by atoms with van der Waals surface area (Å²) in [7, 11) is 0. The van der Waals surface area contributed by atoms with Crippen LogP contribution in [0.25, 0.3) is 0 Å². The molecule has 2 N–H and O–H groups in total. The molecule has 1 unspecified atom stereocenters. The number of nitrogens with one attached hydrogen (secondary N) is 2. The molecule has 1 aromatic heterocycles. The molecule has 2 heterocycles. The molecule has 0 bridgehead atoms. The van der Waals surface area contributed by atoms with Crippen LogP contribution in [0, 0.1) is 0 Å². The van der Waals surface area contributed by atoms with Gasteiger partial charge in [-0.3, -0.25) is 4.79 Å². The van der Waals surface area contributed by atoms with Crippen LogP contribution in [-0.4, -0.2) is 35.1 Å². The Bertz CT molecular complexity index is 719. The van der Waals surface area contributed by atoms with Gasteiger partial charge in [0.05, 0.1) is 21.7 Å². The summed E-state index contributed by atoms with van der Waals surface area (Å²) in [6.45, 7) is 1.26. The lowest BCUT2D eigenvalue weighted by atomic mass is 10.2. The molecule has 0 radical (unpaired) electrons. The van der Waals surface area contributed by atoms with Crippen LogP contribution in [0.15, 0.2) is 30.6 Å². The van der Waals surface area contributed by atoms with Crippen LogP contribution < -0.4 is 10.6 Å². The summed E-state index contributed by atoms with van der Waals surface area (Å²) in [5.74, 6) is 0.149. The van der Waals surface area contributed by atoms with E-state index >= 15 is 0 Å². The molecule has 1 fully saturated rings. The lowest BCUT2D eigenvalue weighted by molar-refractivity contribution is 0.0857. The summed E-state index contributed by atoms with van der Waals surface area (Å²) in [6.07, 6.45) is 5.06. The van der Waals surface area contributed by atoms with Crippen LogP contribution in [-0.2, 0) is 4.74 Å². The van der Waals surface area contributed by atoms with Gasteiger partial charge >= 0.3 is 0 Å². The average molecular weight is 367 g/mol. The third-order valence-electron chi connectivity index (χ3n) is 3.60. The summed E-state index contributed by atoms with van der Waals surface area (Å²) in [6, 6.07) is 5.12. The van der Waals surface area contributed by atoms with Gasteiger partial charge in [-0.15, -0.1) is 0 Å². The van der Waals surface area contributed by atoms with Crippen molar-refractivity contribution in [1.82, 2.24) is 15.3 Å². The molecule has 8 heteroatoms. The van der Waals surface area contributed by atoms with Crippen LogP contribution in [0.3, 0.4) is 0 Å². The highest BCUT2D eigenvalue weighted by Crippen LogP contribution is 2.26. The number of nitrogens with zero attached hydrogens (tertiary/aromatic N) is 2. The van der Waals surface area contributed by atoms with Crippen LogP contribution >= 0.6 is 23.2 Å². The van der Waals surface area contributed by atoms with Crippen molar-refractivity contribution in [2.75, 3.05) is 18.5 Å². The van der Waals surface area contributed by atoms with Crippen molar-refractivity contribution in [3.05, 3.63) is 46.2 Å². The Kier molecular flexibility index (Phi) is 5.50. The Morgan fingerprint density at radius 2 is 2.04 bits per heavy atom. The van der Waals surface area contributed by atoms with E-state index in [0.717, 1.165) is 19.4 Å². The predicted octanol–water partition coefficient (Wildman–Crippen LogP) is 3.44. The SMILES string of the molecule is O=C(NCC1CCCO1)c1cnc(Nc2ccc(Cl)c(Cl)c2)nc1. The number of aromatic nitrogens is 2. The van der Waals surface area contributed by atoms with E-state index in [9.17, 15) is 4.79 Å². The van der Waals surface area contributed by atoms with Crippen molar-refractivity contribution >= 4 is 40.7 Å². The van der Waals surface area contributed by atoms with Gasteiger partial charge in [0, 0.05) is 31.2 Å². The molecule has 1 aliphatic rings. The number of hydrogen-bond acceptors (Lipinski definition) is 5. The molecule has 6 nitrogen and oxygen atoms in total. The number of rotatable bonds is 5. The van der Waals surface area contributed by atoms with E-state index in [0.29, 0.717) is 33.8 Å². The molecule has 1 aromatic carbocycles. The monoisotopic (exact) mass is 366 g/mol. The second kappa shape index (κ2) is 7.79. The maximum Gasteiger partial charge on any atom is 0.254 e. The lowest BCUT2D eigenvalue weighted by Gasteiger charge is -2.11. The van der Waals surface area contributed by atoms with Crippen LogP contribution in [0.4, 0.5) is 11.6 Å². The molecule has 3 rings (SSSR count). The van der Waals surface area contributed by atoms with Gasteiger partial charge in [0.1, 0.15) is 0 Å². The fourth-order valence-electron chi connectivity index (χ4n) is 2.33. The van der Waals surface area contributed by atoms with Gasteiger partial charge in [-0.25, -0.2) is 9.97 Å². The van der Waals surface area contributed by atoms with Gasteiger partial charge in [0.15, 0.2) is 0 Å². The highest BCUT2D eigenvalue weighted by Gasteiger charge is 2.17. The average Bonchev–Trinajstić information content (AvgIpc) is 3.10. The molecule has 0 saturated carbocycles. The van der Waals surface area contributed by atoms with Crippen molar-refractivity contribution in [2.24, 2.45) is 0 Å². The van der Waals surface area contributed by atoms with Crippen LogP contribution in [0.1, 0.15) is 23.2 Å². The van der Waals surface area contributed by atoms with Gasteiger partial charge in [0.25, 0.3) is 5.91 Å². The van der Waals surface area contributed by atoms with Crippen molar-refractivity contribution in [3.8, 4) is 0 Å². The van der Waals surface area contributed by atoms with E-state index in [1.54, 1.807) is 18.2 Å². The first-order chi connectivity index (χ1) is 11.6. The number of hydrogen-bond donors (Lipinski definition) is 2. The van der Waals surface area contributed by atoms with Gasteiger partial charge < -0.3 is 15.4 Å². The third kappa shape index (κ3) is 4.35. The van der Waals surface area contributed by atoms with E-state index in [4.69, 9.17) is 27.9 Å². The number of carbonyl (C=O) groups excluding carboxylic acids is 1. The molecule has 1 saturated heterocycles. The van der Waals surface area contributed by atoms with E-state index in [2.05, 4.69) is 20.6 Å². The minimum Gasteiger partial charge on any atom is -0.376 e. The highest BCUT2D eigenvalue weighted by molar-refractivity contribution is 6.42. The zero-order valence-electron chi connectivity index (χ0n) is 12.8. The van der Waals surface area contributed by atoms with Crippen molar-refractivity contribution in [1.29, 1.82) is 0 Å². The van der Waals surface area contributed by atoms with E-state index < -0.39 is 0 Å².